The average Bonchev–Trinajstić information content (AvgIpc) is 2.69. The maximum absolute atomic E-state index is 6.26. The fourth-order valence-corrected chi connectivity index (χ4v) is 2.69. The topological polar surface area (TPSA) is 26.0 Å². The van der Waals surface area contributed by atoms with Crippen molar-refractivity contribution in [1.82, 2.24) is 0 Å². The zero-order valence-corrected chi connectivity index (χ0v) is 10.0. The highest BCUT2D eigenvalue weighted by molar-refractivity contribution is 7.07. The van der Waals surface area contributed by atoms with E-state index in [-0.39, 0.29) is 6.04 Å². The molecule has 14 heavy (non-hydrogen) atoms. The van der Waals surface area contributed by atoms with Gasteiger partial charge in [-0.25, -0.2) is 0 Å². The molecule has 1 unspecified atom stereocenters. The lowest BCUT2D eigenvalue weighted by molar-refractivity contribution is 0.369. The van der Waals surface area contributed by atoms with Crippen molar-refractivity contribution in [1.29, 1.82) is 0 Å². The number of thiophene rings is 1. The first-order chi connectivity index (χ1) is 6.79. The molecule has 0 aromatic carbocycles. The largest absolute Gasteiger partial charge is 0.324 e. The quantitative estimate of drug-likeness (QED) is 0.757. The maximum atomic E-state index is 6.26. The first kappa shape index (κ1) is 11.7. The molecule has 0 spiro atoms. The zero-order valence-electron chi connectivity index (χ0n) is 9.20. The molecular formula is C12H21NS. The van der Waals surface area contributed by atoms with E-state index >= 15 is 0 Å². The van der Waals surface area contributed by atoms with Crippen LogP contribution in [0.4, 0.5) is 0 Å². The summed E-state index contributed by atoms with van der Waals surface area (Å²) in [5.41, 5.74) is 7.58. The summed E-state index contributed by atoms with van der Waals surface area (Å²) in [5, 5.41) is 4.30. The van der Waals surface area contributed by atoms with Gasteiger partial charge in [0.25, 0.3) is 0 Å². The van der Waals surface area contributed by atoms with Crippen molar-refractivity contribution < 1.29 is 0 Å². The summed E-state index contributed by atoms with van der Waals surface area (Å²) in [4.78, 5) is 0. The number of hydrogen-bond acceptors (Lipinski definition) is 2. The molecule has 0 fully saturated rings. The minimum atomic E-state index is 0.251. The van der Waals surface area contributed by atoms with Gasteiger partial charge >= 0.3 is 0 Å². The first-order valence-corrected chi connectivity index (χ1v) is 6.51. The molecule has 1 heterocycles. The molecule has 2 heteroatoms. The molecule has 2 N–H and O–H groups in total. The summed E-state index contributed by atoms with van der Waals surface area (Å²) in [5.74, 6) is 0.666. The second kappa shape index (κ2) is 6.20. The third kappa shape index (κ3) is 3.10. The van der Waals surface area contributed by atoms with Crippen molar-refractivity contribution in [2.75, 3.05) is 0 Å². The van der Waals surface area contributed by atoms with Crippen LogP contribution in [0.1, 0.15) is 51.1 Å². The minimum Gasteiger partial charge on any atom is -0.324 e. The lowest BCUT2D eigenvalue weighted by Gasteiger charge is -2.22. The molecule has 0 saturated heterocycles. The summed E-state index contributed by atoms with van der Waals surface area (Å²) >= 11 is 1.74. The average molecular weight is 211 g/mol. The molecule has 1 atom stereocenters. The predicted octanol–water partition coefficient (Wildman–Crippen LogP) is 3.96. The third-order valence-electron chi connectivity index (χ3n) is 2.75. The second-order valence-corrected chi connectivity index (χ2v) is 4.70. The van der Waals surface area contributed by atoms with Gasteiger partial charge in [0.2, 0.25) is 0 Å². The van der Waals surface area contributed by atoms with Crippen molar-refractivity contribution in [3.05, 3.63) is 22.4 Å². The highest BCUT2D eigenvalue weighted by atomic mass is 32.1. The van der Waals surface area contributed by atoms with Crippen LogP contribution >= 0.6 is 11.3 Å². The molecular weight excluding hydrogens is 190 g/mol. The fraction of sp³-hybridized carbons (Fsp3) is 0.667. The molecule has 0 radical (unpaired) electrons. The van der Waals surface area contributed by atoms with Gasteiger partial charge in [-0.1, -0.05) is 26.7 Å². The van der Waals surface area contributed by atoms with Crippen molar-refractivity contribution in [3.8, 4) is 0 Å². The zero-order chi connectivity index (χ0) is 10.4. The van der Waals surface area contributed by atoms with Gasteiger partial charge in [0.15, 0.2) is 0 Å². The lowest BCUT2D eigenvalue weighted by atomic mass is 9.88. The number of nitrogens with two attached hydrogens (primary N) is 1. The SMILES string of the molecule is CCCC(CCC)C(N)c1ccsc1. The van der Waals surface area contributed by atoms with E-state index in [4.69, 9.17) is 5.73 Å². The van der Waals surface area contributed by atoms with Crippen LogP contribution in [0, 0.1) is 5.92 Å². The Kier molecular flexibility index (Phi) is 5.20. The van der Waals surface area contributed by atoms with E-state index in [2.05, 4.69) is 30.7 Å². The van der Waals surface area contributed by atoms with Gasteiger partial charge in [-0.15, -0.1) is 0 Å². The van der Waals surface area contributed by atoms with E-state index in [0.29, 0.717) is 5.92 Å². The van der Waals surface area contributed by atoms with Crippen molar-refractivity contribution >= 4 is 11.3 Å². The molecule has 0 saturated carbocycles. The van der Waals surface area contributed by atoms with Crippen LogP contribution in [0.15, 0.2) is 16.8 Å². The highest BCUT2D eigenvalue weighted by Crippen LogP contribution is 2.28. The summed E-state index contributed by atoms with van der Waals surface area (Å²) < 4.78 is 0. The second-order valence-electron chi connectivity index (χ2n) is 3.92. The Bertz CT molecular complexity index is 224. The van der Waals surface area contributed by atoms with E-state index in [9.17, 15) is 0 Å². The first-order valence-electron chi connectivity index (χ1n) is 5.57. The van der Waals surface area contributed by atoms with E-state index in [0.717, 1.165) is 0 Å². The van der Waals surface area contributed by atoms with Gasteiger partial charge in [-0.05, 0) is 41.1 Å². The Labute approximate surface area is 91.3 Å². The molecule has 0 amide bonds. The van der Waals surface area contributed by atoms with Crippen LogP contribution in [0.3, 0.4) is 0 Å². The Morgan fingerprint density at radius 1 is 1.29 bits per heavy atom. The highest BCUT2D eigenvalue weighted by Gasteiger charge is 2.17. The third-order valence-corrected chi connectivity index (χ3v) is 3.46. The Hall–Kier alpha value is -0.340. The minimum absolute atomic E-state index is 0.251. The molecule has 0 bridgehead atoms. The maximum Gasteiger partial charge on any atom is 0.0331 e. The smallest absolute Gasteiger partial charge is 0.0331 e. The molecule has 80 valence electrons. The van der Waals surface area contributed by atoms with Crippen LogP contribution in [-0.2, 0) is 0 Å². The van der Waals surface area contributed by atoms with Crippen LogP contribution < -0.4 is 5.73 Å². The van der Waals surface area contributed by atoms with Gasteiger partial charge in [-0.3, -0.25) is 0 Å². The summed E-state index contributed by atoms with van der Waals surface area (Å²) in [6.07, 6.45) is 4.99. The van der Waals surface area contributed by atoms with Gasteiger partial charge < -0.3 is 5.73 Å². The van der Waals surface area contributed by atoms with Crippen LogP contribution in [0.5, 0.6) is 0 Å². The van der Waals surface area contributed by atoms with Crippen molar-refractivity contribution in [2.45, 2.75) is 45.6 Å². The molecule has 0 aliphatic heterocycles. The number of rotatable bonds is 6. The Morgan fingerprint density at radius 3 is 2.36 bits per heavy atom. The van der Waals surface area contributed by atoms with Gasteiger partial charge in [0.05, 0.1) is 0 Å². The number of hydrogen-bond donors (Lipinski definition) is 1. The normalized spacial score (nSPS) is 13.4. The standard InChI is InChI=1S/C12H21NS/c1-3-5-10(6-4-2)12(13)11-7-8-14-9-11/h7-10,12H,3-6,13H2,1-2H3. The molecule has 1 aromatic rings. The summed E-state index contributed by atoms with van der Waals surface area (Å²) in [6.45, 7) is 4.48. The van der Waals surface area contributed by atoms with E-state index in [1.54, 1.807) is 11.3 Å². The van der Waals surface area contributed by atoms with E-state index in [1.165, 1.54) is 31.2 Å². The monoisotopic (exact) mass is 211 g/mol. The van der Waals surface area contributed by atoms with Gasteiger partial charge in [0.1, 0.15) is 0 Å². The van der Waals surface area contributed by atoms with Crippen LogP contribution in [0.25, 0.3) is 0 Å². The molecule has 1 rings (SSSR count). The molecule has 1 aromatic heterocycles. The lowest BCUT2D eigenvalue weighted by Crippen LogP contribution is -2.20. The fourth-order valence-electron chi connectivity index (χ4n) is 1.98. The summed E-state index contributed by atoms with van der Waals surface area (Å²) in [6, 6.07) is 2.41. The van der Waals surface area contributed by atoms with Crippen molar-refractivity contribution in [3.63, 3.8) is 0 Å². The molecule has 0 aliphatic rings. The Balaban J connectivity index is 2.58. The van der Waals surface area contributed by atoms with Gasteiger partial charge in [-0.2, -0.15) is 11.3 Å². The Morgan fingerprint density at radius 2 is 1.93 bits per heavy atom. The molecule has 0 aliphatic carbocycles. The van der Waals surface area contributed by atoms with Gasteiger partial charge in [0, 0.05) is 6.04 Å². The van der Waals surface area contributed by atoms with E-state index in [1.807, 2.05) is 0 Å². The summed E-state index contributed by atoms with van der Waals surface area (Å²) in [7, 11) is 0. The van der Waals surface area contributed by atoms with E-state index < -0.39 is 0 Å². The van der Waals surface area contributed by atoms with Crippen LogP contribution in [0.2, 0.25) is 0 Å². The predicted molar refractivity (Wildman–Crippen MR) is 64.6 cm³/mol. The van der Waals surface area contributed by atoms with Crippen molar-refractivity contribution in [2.24, 2.45) is 11.7 Å². The van der Waals surface area contributed by atoms with Crippen LogP contribution in [-0.4, -0.2) is 0 Å². The molecule has 1 nitrogen and oxygen atoms in total.